The smallest absolute Gasteiger partial charge is 0.187 e. The summed E-state index contributed by atoms with van der Waals surface area (Å²) in [5.74, 6) is 0.909. The standard InChI is InChI=1S/C17H15BrN2O3S/c1-22-10-7-11(18)16(14(8-10)23-2)13(21)9-20-12-5-3-4-6-15(12)24-17(20)19/h3-8,19H,9H2,1-2H3. The fourth-order valence-corrected chi connectivity index (χ4v) is 4.07. The Kier molecular flexibility index (Phi) is 4.73. The van der Waals surface area contributed by atoms with Gasteiger partial charge in [0, 0.05) is 10.5 Å². The van der Waals surface area contributed by atoms with Crippen LogP contribution in [-0.4, -0.2) is 24.6 Å². The fraction of sp³-hybridized carbons (Fsp3) is 0.176. The normalized spacial score (nSPS) is 10.8. The van der Waals surface area contributed by atoms with Crippen molar-refractivity contribution in [1.82, 2.24) is 4.57 Å². The highest BCUT2D eigenvalue weighted by atomic mass is 79.9. The number of fused-ring (bicyclic) bond motifs is 1. The zero-order valence-electron chi connectivity index (χ0n) is 13.1. The Hall–Kier alpha value is -2.12. The van der Waals surface area contributed by atoms with E-state index >= 15 is 0 Å². The molecule has 24 heavy (non-hydrogen) atoms. The molecule has 0 amide bonds. The number of carbonyl (C=O) groups is 1. The summed E-state index contributed by atoms with van der Waals surface area (Å²) >= 11 is 4.77. The first-order chi connectivity index (χ1) is 11.5. The third-order valence-electron chi connectivity index (χ3n) is 3.67. The number of benzene rings is 2. The first-order valence-corrected chi connectivity index (χ1v) is 8.73. The molecule has 0 aliphatic carbocycles. The highest BCUT2D eigenvalue weighted by molar-refractivity contribution is 9.10. The molecule has 1 aromatic heterocycles. The molecule has 7 heteroatoms. The van der Waals surface area contributed by atoms with Gasteiger partial charge < -0.3 is 14.0 Å². The summed E-state index contributed by atoms with van der Waals surface area (Å²) < 4.78 is 13.8. The number of carbonyl (C=O) groups excluding carboxylic acids is 1. The van der Waals surface area contributed by atoms with Crippen molar-refractivity contribution in [3.63, 3.8) is 0 Å². The van der Waals surface area contributed by atoms with Crippen LogP contribution in [-0.2, 0) is 6.54 Å². The van der Waals surface area contributed by atoms with E-state index in [2.05, 4.69) is 15.9 Å². The molecule has 2 aromatic carbocycles. The number of halogens is 1. The van der Waals surface area contributed by atoms with E-state index in [1.807, 2.05) is 24.3 Å². The van der Waals surface area contributed by atoms with Gasteiger partial charge in [0.1, 0.15) is 11.5 Å². The minimum atomic E-state index is -0.136. The topological polar surface area (TPSA) is 64.3 Å². The average molecular weight is 407 g/mol. The van der Waals surface area contributed by atoms with Gasteiger partial charge in [-0.1, -0.05) is 23.5 Å². The van der Waals surface area contributed by atoms with E-state index in [-0.39, 0.29) is 12.3 Å². The number of thiazole rings is 1. The number of ether oxygens (including phenoxy) is 2. The van der Waals surface area contributed by atoms with Crippen LogP contribution in [0.1, 0.15) is 10.4 Å². The van der Waals surface area contributed by atoms with Crippen molar-refractivity contribution in [3.05, 3.63) is 51.2 Å². The summed E-state index contributed by atoms with van der Waals surface area (Å²) in [4.78, 5) is 13.2. The highest BCUT2D eigenvalue weighted by Crippen LogP contribution is 2.33. The van der Waals surface area contributed by atoms with Crippen LogP contribution in [0.15, 0.2) is 40.9 Å². The maximum absolute atomic E-state index is 12.9. The first kappa shape index (κ1) is 16.7. The second kappa shape index (κ2) is 6.78. The Labute approximate surface area is 151 Å². The van der Waals surface area contributed by atoms with Crippen LogP contribution >= 0.6 is 27.3 Å². The monoisotopic (exact) mass is 406 g/mol. The molecule has 0 spiro atoms. The average Bonchev–Trinajstić information content (AvgIpc) is 2.89. The Balaban J connectivity index is 2.04. The summed E-state index contributed by atoms with van der Waals surface area (Å²) in [5, 5.41) is 8.14. The third-order valence-corrected chi connectivity index (χ3v) is 5.28. The number of para-hydroxylation sites is 1. The van der Waals surface area contributed by atoms with E-state index in [9.17, 15) is 4.79 Å². The summed E-state index contributed by atoms with van der Waals surface area (Å²) in [5.41, 5.74) is 1.32. The zero-order chi connectivity index (χ0) is 17.3. The largest absolute Gasteiger partial charge is 0.497 e. The Bertz CT molecular complexity index is 978. The van der Waals surface area contributed by atoms with E-state index in [4.69, 9.17) is 14.9 Å². The lowest BCUT2D eigenvalue weighted by Crippen LogP contribution is -2.20. The van der Waals surface area contributed by atoms with Crippen LogP contribution in [0.3, 0.4) is 0 Å². The van der Waals surface area contributed by atoms with Gasteiger partial charge in [-0.05, 0) is 34.1 Å². The molecule has 0 aliphatic heterocycles. The summed E-state index contributed by atoms with van der Waals surface area (Å²) in [7, 11) is 3.07. The lowest BCUT2D eigenvalue weighted by atomic mass is 10.1. The van der Waals surface area contributed by atoms with Crippen LogP contribution < -0.4 is 14.3 Å². The Morgan fingerprint density at radius 2 is 2.00 bits per heavy atom. The summed E-state index contributed by atoms with van der Waals surface area (Å²) in [6, 6.07) is 11.1. The van der Waals surface area contributed by atoms with Gasteiger partial charge in [-0.3, -0.25) is 10.2 Å². The molecule has 124 valence electrons. The van der Waals surface area contributed by atoms with Crippen LogP contribution in [0.2, 0.25) is 0 Å². The molecular formula is C17H15BrN2O3S. The van der Waals surface area contributed by atoms with Gasteiger partial charge in [0.2, 0.25) is 0 Å². The number of nitrogens with zero attached hydrogens (tertiary/aromatic N) is 1. The zero-order valence-corrected chi connectivity index (χ0v) is 15.5. The van der Waals surface area contributed by atoms with Crippen molar-refractivity contribution in [2.45, 2.75) is 6.54 Å². The Morgan fingerprint density at radius 3 is 2.71 bits per heavy atom. The Morgan fingerprint density at radius 1 is 1.25 bits per heavy atom. The second-order valence-corrected chi connectivity index (χ2v) is 6.96. The van der Waals surface area contributed by atoms with Crippen LogP contribution in [0, 0.1) is 5.41 Å². The highest BCUT2D eigenvalue weighted by Gasteiger charge is 2.19. The van der Waals surface area contributed by atoms with E-state index < -0.39 is 0 Å². The minimum absolute atomic E-state index is 0.0735. The van der Waals surface area contributed by atoms with Gasteiger partial charge in [-0.2, -0.15) is 0 Å². The van der Waals surface area contributed by atoms with Crippen molar-refractivity contribution in [3.8, 4) is 11.5 Å². The number of Topliss-reactive ketones (excluding diaryl/α,β-unsaturated/α-hetero) is 1. The van der Waals surface area contributed by atoms with Crippen molar-refractivity contribution in [1.29, 1.82) is 5.41 Å². The van der Waals surface area contributed by atoms with Gasteiger partial charge in [0.15, 0.2) is 10.6 Å². The van der Waals surface area contributed by atoms with E-state index in [1.165, 1.54) is 18.4 Å². The van der Waals surface area contributed by atoms with Crippen molar-refractivity contribution in [2.24, 2.45) is 0 Å². The van der Waals surface area contributed by atoms with Gasteiger partial charge in [0.25, 0.3) is 0 Å². The summed E-state index contributed by atoms with van der Waals surface area (Å²) in [6.45, 7) is 0.0735. The molecule has 0 saturated carbocycles. The lowest BCUT2D eigenvalue weighted by Gasteiger charge is -2.12. The number of rotatable bonds is 5. The molecule has 0 saturated heterocycles. The molecule has 3 rings (SSSR count). The van der Waals surface area contributed by atoms with Gasteiger partial charge in [-0.15, -0.1) is 0 Å². The molecule has 0 atom stereocenters. The predicted molar refractivity (Wildman–Crippen MR) is 97.2 cm³/mol. The molecule has 0 bridgehead atoms. The van der Waals surface area contributed by atoms with Crippen LogP contribution in [0.25, 0.3) is 10.2 Å². The predicted octanol–water partition coefficient (Wildman–Crippen LogP) is 3.84. The number of aromatic nitrogens is 1. The number of hydrogen-bond acceptors (Lipinski definition) is 5. The van der Waals surface area contributed by atoms with Crippen LogP contribution in [0.4, 0.5) is 0 Å². The van der Waals surface area contributed by atoms with Gasteiger partial charge in [0.05, 0.1) is 36.5 Å². The molecule has 5 nitrogen and oxygen atoms in total. The van der Waals surface area contributed by atoms with Crippen molar-refractivity contribution in [2.75, 3.05) is 14.2 Å². The SMILES string of the molecule is COc1cc(Br)c(C(=O)Cn2c(=N)sc3ccccc32)c(OC)c1. The number of ketones is 1. The maximum atomic E-state index is 12.9. The maximum Gasteiger partial charge on any atom is 0.187 e. The lowest BCUT2D eigenvalue weighted by molar-refractivity contribution is 0.0968. The van der Waals surface area contributed by atoms with Crippen molar-refractivity contribution >= 4 is 43.3 Å². The number of methoxy groups -OCH3 is 2. The third kappa shape index (κ3) is 2.97. The minimum Gasteiger partial charge on any atom is -0.497 e. The van der Waals surface area contributed by atoms with Gasteiger partial charge in [-0.25, -0.2) is 0 Å². The molecule has 0 aliphatic rings. The van der Waals surface area contributed by atoms with Gasteiger partial charge >= 0.3 is 0 Å². The summed E-state index contributed by atoms with van der Waals surface area (Å²) in [6.07, 6.45) is 0. The molecule has 0 radical (unpaired) electrons. The number of hydrogen-bond donors (Lipinski definition) is 1. The molecular weight excluding hydrogens is 392 g/mol. The van der Waals surface area contributed by atoms with E-state index in [0.717, 1.165) is 10.2 Å². The quantitative estimate of drug-likeness (QED) is 0.654. The molecule has 0 fully saturated rings. The number of nitrogens with one attached hydrogen (secondary N) is 1. The molecule has 1 heterocycles. The molecule has 3 aromatic rings. The van der Waals surface area contributed by atoms with Crippen LogP contribution in [0.5, 0.6) is 11.5 Å². The fourth-order valence-electron chi connectivity index (χ4n) is 2.52. The molecule has 0 unspecified atom stereocenters. The first-order valence-electron chi connectivity index (χ1n) is 7.13. The second-order valence-electron chi connectivity index (χ2n) is 5.07. The van der Waals surface area contributed by atoms with E-state index in [0.29, 0.717) is 26.3 Å². The molecule has 1 N–H and O–H groups in total. The van der Waals surface area contributed by atoms with E-state index in [1.54, 1.807) is 23.8 Å². The van der Waals surface area contributed by atoms with Crippen molar-refractivity contribution < 1.29 is 14.3 Å².